The number of anilines is 1. The Balaban J connectivity index is 1.81. The molecule has 7 nitrogen and oxygen atoms in total. The van der Waals surface area contributed by atoms with Gasteiger partial charge < -0.3 is 19.7 Å². The van der Waals surface area contributed by atoms with E-state index in [1.54, 1.807) is 23.1 Å². The molecule has 1 aliphatic rings. The summed E-state index contributed by atoms with van der Waals surface area (Å²) in [7, 11) is -1.42. The van der Waals surface area contributed by atoms with Crippen molar-refractivity contribution >= 4 is 28.3 Å². The van der Waals surface area contributed by atoms with E-state index < -0.39 is 17.1 Å². The van der Waals surface area contributed by atoms with Crippen LogP contribution in [0, 0.1) is 0 Å². The molecule has 2 aromatic rings. The summed E-state index contributed by atoms with van der Waals surface area (Å²) < 4.78 is 23.3. The van der Waals surface area contributed by atoms with E-state index in [9.17, 15) is 13.8 Å². The van der Waals surface area contributed by atoms with Gasteiger partial charge in [-0.15, -0.1) is 0 Å². The molecule has 0 unspecified atom stereocenters. The predicted octanol–water partition coefficient (Wildman–Crippen LogP) is 2.47. The van der Waals surface area contributed by atoms with Crippen LogP contribution >= 0.6 is 0 Å². The van der Waals surface area contributed by atoms with Gasteiger partial charge in [-0.25, -0.2) is 0 Å². The first-order valence-electron chi connectivity index (χ1n) is 9.91. The summed E-state index contributed by atoms with van der Waals surface area (Å²) in [4.78, 5) is 27.4. The van der Waals surface area contributed by atoms with Gasteiger partial charge in [-0.1, -0.05) is 30.3 Å². The molecular formula is C22H26N2O5S. The summed E-state index contributed by atoms with van der Waals surface area (Å²) >= 11 is 0. The van der Waals surface area contributed by atoms with Gasteiger partial charge in [0.15, 0.2) is 6.29 Å². The summed E-state index contributed by atoms with van der Waals surface area (Å²) in [5, 5.41) is 2.79. The van der Waals surface area contributed by atoms with Crippen LogP contribution in [0.3, 0.4) is 0 Å². The number of carbonyl (C=O) groups excluding carboxylic acids is 2. The fourth-order valence-electron chi connectivity index (χ4n) is 3.22. The molecule has 0 radical (unpaired) electrons. The van der Waals surface area contributed by atoms with Gasteiger partial charge in [0.25, 0.3) is 5.91 Å². The number of nitrogens with one attached hydrogen (secondary N) is 1. The van der Waals surface area contributed by atoms with E-state index in [2.05, 4.69) is 5.32 Å². The summed E-state index contributed by atoms with van der Waals surface area (Å²) in [6.07, 6.45) is -0.523. The highest BCUT2D eigenvalue weighted by Crippen LogP contribution is 2.31. The molecule has 0 fully saturated rings. The molecule has 0 saturated carbocycles. The summed E-state index contributed by atoms with van der Waals surface area (Å²) in [6.45, 7) is 5.22. The van der Waals surface area contributed by atoms with Crippen molar-refractivity contribution in [3.05, 3.63) is 59.7 Å². The van der Waals surface area contributed by atoms with Crippen molar-refractivity contribution in [1.82, 2.24) is 5.32 Å². The number of fused-ring (bicyclic) bond motifs is 1. The maximum absolute atomic E-state index is 12.7. The number of amides is 2. The van der Waals surface area contributed by atoms with E-state index in [1.807, 2.05) is 44.2 Å². The van der Waals surface area contributed by atoms with Gasteiger partial charge in [0.2, 0.25) is 5.91 Å². The first kappa shape index (κ1) is 22.1. The van der Waals surface area contributed by atoms with Gasteiger partial charge in [-0.2, -0.15) is 0 Å². The number of nitrogens with zero attached hydrogens (tertiary/aromatic N) is 1. The smallest absolute Gasteiger partial charge is 0.251 e. The highest BCUT2D eigenvalue weighted by atomic mass is 32.2. The highest BCUT2D eigenvalue weighted by molar-refractivity contribution is 7.86. The summed E-state index contributed by atoms with van der Waals surface area (Å²) in [6, 6.07) is 14.5. The molecule has 1 atom stereocenters. The van der Waals surface area contributed by atoms with Crippen LogP contribution in [-0.4, -0.2) is 47.8 Å². The average Bonchev–Trinajstić information content (AvgIpc) is 2.75. The van der Waals surface area contributed by atoms with Crippen molar-refractivity contribution in [2.45, 2.75) is 31.6 Å². The molecule has 160 valence electrons. The number of ether oxygens (including phenoxy) is 2. The Bertz CT molecular complexity index is 913. The van der Waals surface area contributed by atoms with Crippen LogP contribution in [0.15, 0.2) is 53.4 Å². The molecule has 2 amide bonds. The number of rotatable bonds is 9. The van der Waals surface area contributed by atoms with E-state index in [0.29, 0.717) is 35.9 Å². The van der Waals surface area contributed by atoms with E-state index in [4.69, 9.17) is 9.47 Å². The lowest BCUT2D eigenvalue weighted by molar-refractivity contribution is -0.131. The molecule has 1 heterocycles. The number of hydrogen-bond donors (Lipinski definition) is 1. The SMILES string of the molecule is CCOC(CNC(=O)c1ccc2c(c1)N(Cc1ccccc1)C(=O)C[S@@]2=O)OCC. The summed E-state index contributed by atoms with van der Waals surface area (Å²) in [5.74, 6) is -0.601. The molecular weight excluding hydrogens is 404 g/mol. The lowest BCUT2D eigenvalue weighted by Gasteiger charge is -2.29. The second-order valence-corrected chi connectivity index (χ2v) is 8.11. The van der Waals surface area contributed by atoms with E-state index in [1.165, 1.54) is 0 Å². The second kappa shape index (κ2) is 10.5. The molecule has 0 aromatic heterocycles. The van der Waals surface area contributed by atoms with Crippen molar-refractivity contribution in [1.29, 1.82) is 0 Å². The Morgan fingerprint density at radius 2 is 1.83 bits per heavy atom. The topological polar surface area (TPSA) is 84.9 Å². The minimum atomic E-state index is -1.42. The largest absolute Gasteiger partial charge is 0.351 e. The Morgan fingerprint density at radius 1 is 1.13 bits per heavy atom. The molecule has 0 bridgehead atoms. The molecule has 1 N–H and O–H groups in total. The van der Waals surface area contributed by atoms with Crippen molar-refractivity contribution < 1.29 is 23.3 Å². The molecule has 0 spiro atoms. The van der Waals surface area contributed by atoms with Gasteiger partial charge in [0, 0.05) is 18.8 Å². The fraction of sp³-hybridized carbons (Fsp3) is 0.364. The Kier molecular flexibility index (Phi) is 7.73. The van der Waals surface area contributed by atoms with Crippen LogP contribution in [0.4, 0.5) is 5.69 Å². The van der Waals surface area contributed by atoms with Gasteiger partial charge in [-0.05, 0) is 37.6 Å². The third-order valence-electron chi connectivity index (χ3n) is 4.63. The molecule has 0 aliphatic carbocycles. The first-order chi connectivity index (χ1) is 14.5. The van der Waals surface area contributed by atoms with Gasteiger partial charge in [0.1, 0.15) is 5.75 Å². The molecule has 3 rings (SSSR count). The monoisotopic (exact) mass is 430 g/mol. The standard InChI is InChI=1S/C22H26N2O5S/c1-3-28-21(29-4-2)13-23-22(26)17-10-11-19-18(12-17)24(20(25)15-30(19)27)14-16-8-6-5-7-9-16/h5-12,21H,3-4,13-15H2,1-2H3,(H,23,26)/t30-/m0/s1. The third kappa shape index (κ3) is 5.33. The molecule has 30 heavy (non-hydrogen) atoms. The highest BCUT2D eigenvalue weighted by Gasteiger charge is 2.30. The van der Waals surface area contributed by atoms with Gasteiger partial charge >= 0.3 is 0 Å². The zero-order chi connectivity index (χ0) is 21.5. The molecule has 8 heteroatoms. The Hall–Kier alpha value is -2.55. The molecule has 1 aliphatic heterocycles. The third-order valence-corrected chi connectivity index (χ3v) is 5.98. The van der Waals surface area contributed by atoms with E-state index >= 15 is 0 Å². The summed E-state index contributed by atoms with van der Waals surface area (Å²) in [5.41, 5.74) is 1.84. The van der Waals surface area contributed by atoms with Gasteiger partial charge in [-0.3, -0.25) is 13.8 Å². The van der Waals surface area contributed by atoms with Crippen molar-refractivity contribution in [2.75, 3.05) is 30.4 Å². The van der Waals surface area contributed by atoms with Crippen molar-refractivity contribution in [3.8, 4) is 0 Å². The number of benzene rings is 2. The minimum absolute atomic E-state index is 0.0598. The normalized spacial score (nSPS) is 15.9. The Morgan fingerprint density at radius 3 is 2.50 bits per heavy atom. The van der Waals surface area contributed by atoms with Crippen LogP contribution in [0.5, 0.6) is 0 Å². The minimum Gasteiger partial charge on any atom is -0.351 e. The van der Waals surface area contributed by atoms with E-state index in [-0.39, 0.29) is 24.1 Å². The zero-order valence-electron chi connectivity index (χ0n) is 17.1. The van der Waals surface area contributed by atoms with Crippen molar-refractivity contribution in [3.63, 3.8) is 0 Å². The number of hydrogen-bond acceptors (Lipinski definition) is 5. The molecule has 2 aromatic carbocycles. The first-order valence-corrected chi connectivity index (χ1v) is 11.2. The van der Waals surface area contributed by atoms with Crippen LogP contribution in [0.2, 0.25) is 0 Å². The lowest BCUT2D eigenvalue weighted by Crippen LogP contribution is -2.39. The van der Waals surface area contributed by atoms with Crippen molar-refractivity contribution in [2.24, 2.45) is 0 Å². The Labute approximate surface area is 178 Å². The lowest BCUT2D eigenvalue weighted by atomic mass is 10.1. The molecule has 0 saturated heterocycles. The maximum atomic E-state index is 12.7. The van der Waals surface area contributed by atoms with Crippen LogP contribution in [0.25, 0.3) is 0 Å². The number of carbonyl (C=O) groups is 2. The van der Waals surface area contributed by atoms with Gasteiger partial charge in [0.05, 0.1) is 34.5 Å². The maximum Gasteiger partial charge on any atom is 0.251 e. The predicted molar refractivity (Wildman–Crippen MR) is 115 cm³/mol. The quantitative estimate of drug-likeness (QED) is 0.618. The zero-order valence-corrected chi connectivity index (χ0v) is 17.9. The van der Waals surface area contributed by atoms with Crippen LogP contribution in [-0.2, 0) is 31.6 Å². The van der Waals surface area contributed by atoms with Crippen LogP contribution < -0.4 is 10.2 Å². The van der Waals surface area contributed by atoms with E-state index in [0.717, 1.165) is 5.56 Å². The fourth-order valence-corrected chi connectivity index (χ4v) is 4.38. The average molecular weight is 431 g/mol. The van der Waals surface area contributed by atoms with Crippen LogP contribution in [0.1, 0.15) is 29.8 Å². The second-order valence-electron chi connectivity index (χ2n) is 6.69.